The monoisotopic (exact) mass is 289 g/mol. The minimum Gasteiger partial charge on any atom is -0.343 e. The first kappa shape index (κ1) is 19.8. The predicted octanol–water partition coefficient (Wildman–Crippen LogP) is 2.91. The number of hydrogen-bond acceptors (Lipinski definition) is 4. The summed E-state index contributed by atoms with van der Waals surface area (Å²) in [6.07, 6.45) is 15.8. The van der Waals surface area contributed by atoms with Gasteiger partial charge in [0.25, 0.3) is 5.97 Å². The molecule has 0 aromatic heterocycles. The predicted molar refractivity (Wildman–Crippen MR) is 83.3 cm³/mol. The number of rotatable bonds is 15. The van der Waals surface area contributed by atoms with Gasteiger partial charge in [-0.1, -0.05) is 77.6 Å². The fourth-order valence-electron chi connectivity index (χ4n) is 2.35. The average molecular weight is 289 g/mol. The number of aliphatic hydroxyl groups is 3. The average Bonchev–Trinajstić information content (AvgIpc) is 2.38. The van der Waals surface area contributed by atoms with Crippen LogP contribution in [0, 0.1) is 0 Å². The fourth-order valence-corrected chi connectivity index (χ4v) is 2.35. The summed E-state index contributed by atoms with van der Waals surface area (Å²) in [5.74, 6) is -2.57. The second kappa shape index (κ2) is 13.8. The zero-order valence-corrected chi connectivity index (χ0v) is 13.2. The quantitative estimate of drug-likeness (QED) is 0.276. The Hall–Kier alpha value is -0.160. The van der Waals surface area contributed by atoms with Crippen LogP contribution in [0.3, 0.4) is 0 Å². The van der Waals surface area contributed by atoms with E-state index in [-0.39, 0.29) is 6.54 Å². The Balaban J connectivity index is 2.99. The van der Waals surface area contributed by atoms with E-state index in [2.05, 4.69) is 12.2 Å². The Morgan fingerprint density at radius 2 is 1.05 bits per heavy atom. The molecule has 0 rings (SSSR count). The molecule has 0 aromatic rings. The van der Waals surface area contributed by atoms with Gasteiger partial charge in [-0.05, 0) is 13.0 Å². The van der Waals surface area contributed by atoms with Crippen molar-refractivity contribution in [3.8, 4) is 0 Å². The van der Waals surface area contributed by atoms with Gasteiger partial charge in [0.05, 0.1) is 6.54 Å². The molecule has 0 fully saturated rings. The van der Waals surface area contributed by atoms with Crippen LogP contribution in [0.15, 0.2) is 0 Å². The first-order valence-electron chi connectivity index (χ1n) is 8.44. The first-order valence-corrected chi connectivity index (χ1v) is 8.44. The van der Waals surface area contributed by atoms with E-state index in [0.717, 1.165) is 13.0 Å². The number of unbranched alkanes of at least 4 members (excludes halogenated alkanes) is 11. The summed E-state index contributed by atoms with van der Waals surface area (Å²) in [5.41, 5.74) is 0. The third kappa shape index (κ3) is 17.8. The van der Waals surface area contributed by atoms with Gasteiger partial charge < -0.3 is 20.6 Å². The molecule has 0 radical (unpaired) electrons. The molecule has 20 heavy (non-hydrogen) atoms. The lowest BCUT2D eigenvalue weighted by Gasteiger charge is -2.14. The van der Waals surface area contributed by atoms with Crippen molar-refractivity contribution in [2.45, 2.75) is 89.9 Å². The molecule has 0 bridgehead atoms. The van der Waals surface area contributed by atoms with Crippen molar-refractivity contribution in [2.24, 2.45) is 0 Å². The first-order chi connectivity index (χ1) is 9.56. The Bertz CT molecular complexity index is 193. The molecule has 0 aliphatic carbocycles. The maximum Gasteiger partial charge on any atom is 0.288 e. The molecule has 0 saturated heterocycles. The van der Waals surface area contributed by atoms with Crippen molar-refractivity contribution in [1.82, 2.24) is 5.32 Å². The second-order valence-electron chi connectivity index (χ2n) is 5.84. The highest BCUT2D eigenvalue weighted by molar-refractivity contribution is 4.54. The Morgan fingerprint density at radius 3 is 1.45 bits per heavy atom. The minimum atomic E-state index is -2.57. The van der Waals surface area contributed by atoms with Crippen molar-refractivity contribution in [2.75, 3.05) is 13.1 Å². The molecule has 0 aromatic carbocycles. The molecule has 4 nitrogen and oxygen atoms in total. The lowest BCUT2D eigenvalue weighted by atomic mass is 10.1. The summed E-state index contributed by atoms with van der Waals surface area (Å²) in [5, 5.41) is 28.8. The van der Waals surface area contributed by atoms with E-state index in [1.54, 1.807) is 0 Å². The topological polar surface area (TPSA) is 72.7 Å². The molecule has 0 aliphatic rings. The summed E-state index contributed by atoms with van der Waals surface area (Å²) < 4.78 is 0. The Morgan fingerprint density at radius 1 is 0.650 bits per heavy atom. The van der Waals surface area contributed by atoms with Gasteiger partial charge in [0.1, 0.15) is 0 Å². The van der Waals surface area contributed by atoms with Crippen LogP contribution in [0.2, 0.25) is 0 Å². The van der Waals surface area contributed by atoms with Gasteiger partial charge in [-0.3, -0.25) is 0 Å². The van der Waals surface area contributed by atoms with Crippen molar-refractivity contribution < 1.29 is 15.3 Å². The van der Waals surface area contributed by atoms with Crippen LogP contribution >= 0.6 is 0 Å². The van der Waals surface area contributed by atoms with Gasteiger partial charge in [-0.2, -0.15) is 0 Å². The van der Waals surface area contributed by atoms with Crippen molar-refractivity contribution in [3.63, 3.8) is 0 Å². The Labute approximate surface area is 124 Å². The van der Waals surface area contributed by atoms with E-state index in [1.807, 2.05) is 0 Å². The van der Waals surface area contributed by atoms with Gasteiger partial charge in [-0.25, -0.2) is 0 Å². The summed E-state index contributed by atoms with van der Waals surface area (Å²) in [4.78, 5) is 0. The molecule has 122 valence electrons. The van der Waals surface area contributed by atoms with Gasteiger partial charge in [0.2, 0.25) is 0 Å². The lowest BCUT2D eigenvalue weighted by Crippen LogP contribution is -2.40. The van der Waals surface area contributed by atoms with Crippen molar-refractivity contribution in [1.29, 1.82) is 0 Å². The van der Waals surface area contributed by atoms with E-state index in [4.69, 9.17) is 15.3 Å². The molecular formula is C16H35NO3. The van der Waals surface area contributed by atoms with E-state index in [0.29, 0.717) is 0 Å². The van der Waals surface area contributed by atoms with E-state index in [1.165, 1.54) is 70.6 Å². The molecule has 0 heterocycles. The van der Waals surface area contributed by atoms with Gasteiger partial charge in [-0.15, -0.1) is 0 Å². The zero-order chi connectivity index (χ0) is 15.1. The second-order valence-corrected chi connectivity index (χ2v) is 5.84. The molecule has 4 heteroatoms. The van der Waals surface area contributed by atoms with Crippen molar-refractivity contribution >= 4 is 0 Å². The minimum absolute atomic E-state index is 0.189. The summed E-state index contributed by atoms with van der Waals surface area (Å²) in [7, 11) is 0. The Kier molecular flexibility index (Phi) is 13.7. The highest BCUT2D eigenvalue weighted by atomic mass is 16.7. The van der Waals surface area contributed by atoms with Crippen LogP contribution in [0.25, 0.3) is 0 Å². The standard InChI is InChI=1S/C16H35NO3/c1-2-3-4-5-6-7-8-9-10-11-12-13-14-17-15-16(18,19)20/h17-20H,2-15H2,1H3. The highest BCUT2D eigenvalue weighted by Gasteiger charge is 2.15. The molecule has 0 unspecified atom stereocenters. The molecule has 0 amide bonds. The van der Waals surface area contributed by atoms with Crippen LogP contribution in [0.4, 0.5) is 0 Å². The maximum atomic E-state index is 8.66. The van der Waals surface area contributed by atoms with E-state index >= 15 is 0 Å². The van der Waals surface area contributed by atoms with Crippen LogP contribution in [0.1, 0.15) is 84.0 Å². The fraction of sp³-hybridized carbons (Fsp3) is 1.00. The molecule has 0 spiro atoms. The third-order valence-electron chi connectivity index (χ3n) is 3.57. The zero-order valence-electron chi connectivity index (χ0n) is 13.2. The van der Waals surface area contributed by atoms with Crippen LogP contribution in [-0.4, -0.2) is 34.4 Å². The SMILES string of the molecule is CCCCCCCCCCCCCCNCC(O)(O)O. The smallest absolute Gasteiger partial charge is 0.288 e. The number of nitrogens with one attached hydrogen (secondary N) is 1. The van der Waals surface area contributed by atoms with E-state index < -0.39 is 5.97 Å². The molecular weight excluding hydrogens is 254 g/mol. The molecule has 4 N–H and O–H groups in total. The summed E-state index contributed by atoms with van der Waals surface area (Å²) in [6, 6.07) is 0. The van der Waals surface area contributed by atoms with E-state index in [9.17, 15) is 0 Å². The normalized spacial score (nSPS) is 12.0. The molecule has 0 saturated carbocycles. The summed E-state index contributed by atoms with van der Waals surface area (Å²) in [6.45, 7) is 2.79. The third-order valence-corrected chi connectivity index (χ3v) is 3.57. The highest BCUT2D eigenvalue weighted by Crippen LogP contribution is 2.11. The van der Waals surface area contributed by atoms with Crippen molar-refractivity contribution in [3.05, 3.63) is 0 Å². The maximum absolute atomic E-state index is 8.66. The summed E-state index contributed by atoms with van der Waals surface area (Å²) >= 11 is 0. The number of hydrogen-bond donors (Lipinski definition) is 4. The van der Waals surface area contributed by atoms with Crippen LogP contribution in [0.5, 0.6) is 0 Å². The van der Waals surface area contributed by atoms with Gasteiger partial charge in [0, 0.05) is 0 Å². The lowest BCUT2D eigenvalue weighted by molar-refractivity contribution is -0.306. The molecule has 0 atom stereocenters. The van der Waals surface area contributed by atoms with Crippen LogP contribution in [-0.2, 0) is 0 Å². The largest absolute Gasteiger partial charge is 0.343 e. The van der Waals surface area contributed by atoms with Gasteiger partial charge in [0.15, 0.2) is 0 Å². The van der Waals surface area contributed by atoms with Gasteiger partial charge >= 0.3 is 0 Å². The van der Waals surface area contributed by atoms with Crippen LogP contribution < -0.4 is 5.32 Å². The molecule has 0 aliphatic heterocycles.